The zero-order chi connectivity index (χ0) is 11.8. The monoisotopic (exact) mass is 261 g/mol. The number of nitrogens with one attached hydrogen (secondary N) is 1. The van der Waals surface area contributed by atoms with E-state index in [4.69, 9.17) is 12.2 Å². The highest BCUT2D eigenvalue weighted by molar-refractivity contribution is 7.71. The fourth-order valence-electron chi connectivity index (χ4n) is 1.98. The molecule has 3 aromatic rings. The first-order valence-electron chi connectivity index (χ1n) is 5.34. The molecule has 0 fully saturated rings. The molecule has 1 atom stereocenters. The summed E-state index contributed by atoms with van der Waals surface area (Å²) in [6, 6.07) is 6.23. The van der Waals surface area contributed by atoms with Crippen LogP contribution in [0.2, 0.25) is 0 Å². The van der Waals surface area contributed by atoms with Crippen molar-refractivity contribution in [3.05, 3.63) is 45.5 Å². The number of rotatable bonds is 2. The lowest BCUT2D eigenvalue weighted by atomic mass is 10.2. The van der Waals surface area contributed by atoms with E-state index in [1.807, 2.05) is 12.1 Å². The zero-order valence-corrected chi connectivity index (χ0v) is 10.9. The van der Waals surface area contributed by atoms with Gasteiger partial charge in [-0.1, -0.05) is 0 Å². The van der Waals surface area contributed by atoms with Gasteiger partial charge in [0.15, 0.2) is 10.4 Å². The van der Waals surface area contributed by atoms with E-state index >= 15 is 0 Å². The molecule has 0 amide bonds. The molecule has 0 saturated carbocycles. The number of hydrogen-bond donors (Lipinski definition) is 1. The van der Waals surface area contributed by atoms with Crippen molar-refractivity contribution in [1.82, 2.24) is 14.5 Å². The predicted molar refractivity (Wildman–Crippen MR) is 73.0 cm³/mol. The van der Waals surface area contributed by atoms with Crippen molar-refractivity contribution >= 4 is 34.7 Å². The molecule has 86 valence electrons. The molecule has 1 unspecified atom stereocenters. The number of aromatic nitrogens is 3. The summed E-state index contributed by atoms with van der Waals surface area (Å²) in [5.74, 6) is 0. The molecule has 3 aromatic heterocycles. The van der Waals surface area contributed by atoms with E-state index in [1.165, 1.54) is 5.56 Å². The number of fused-ring (bicyclic) bond motifs is 1. The molecule has 0 aliphatic rings. The Hall–Kier alpha value is -1.46. The Labute approximate surface area is 108 Å². The average molecular weight is 261 g/mol. The van der Waals surface area contributed by atoms with Crippen LogP contribution in [0.5, 0.6) is 0 Å². The third-order valence-electron chi connectivity index (χ3n) is 2.89. The first-order chi connectivity index (χ1) is 8.27. The minimum Gasteiger partial charge on any atom is -0.329 e. The molecule has 0 spiro atoms. The Morgan fingerprint density at radius 2 is 2.35 bits per heavy atom. The number of hydrogen-bond acceptors (Lipinski definition) is 3. The second kappa shape index (κ2) is 4.09. The molecular weight excluding hydrogens is 250 g/mol. The topological polar surface area (TPSA) is 33.6 Å². The smallest absolute Gasteiger partial charge is 0.179 e. The second-order valence-electron chi connectivity index (χ2n) is 3.91. The minimum absolute atomic E-state index is 0.206. The largest absolute Gasteiger partial charge is 0.329 e. The Morgan fingerprint density at radius 1 is 1.47 bits per heavy atom. The molecule has 0 aliphatic heterocycles. The Balaban J connectivity index is 2.23. The van der Waals surface area contributed by atoms with Gasteiger partial charge < -0.3 is 4.98 Å². The van der Waals surface area contributed by atoms with Gasteiger partial charge in [-0.25, -0.2) is 4.98 Å². The third-order valence-corrected chi connectivity index (χ3v) is 3.89. The van der Waals surface area contributed by atoms with E-state index in [-0.39, 0.29) is 6.04 Å². The standard InChI is InChI=1S/C12H11N3S2/c1-8(9-4-6-17-7-9)15-11-10(14-12(15)16)3-2-5-13-11/h2-8H,1H3,(H,14,16). The maximum Gasteiger partial charge on any atom is 0.179 e. The Bertz CT molecular complexity index is 694. The van der Waals surface area contributed by atoms with Crippen LogP contribution in [-0.4, -0.2) is 14.5 Å². The van der Waals surface area contributed by atoms with Gasteiger partial charge in [0.1, 0.15) is 0 Å². The lowest BCUT2D eigenvalue weighted by Crippen LogP contribution is -2.06. The van der Waals surface area contributed by atoms with Gasteiger partial charge in [0.25, 0.3) is 0 Å². The normalized spacial score (nSPS) is 13.0. The van der Waals surface area contributed by atoms with Gasteiger partial charge in [0.2, 0.25) is 0 Å². The highest BCUT2D eigenvalue weighted by Gasteiger charge is 2.13. The van der Waals surface area contributed by atoms with Crippen molar-refractivity contribution in [3.8, 4) is 0 Å². The van der Waals surface area contributed by atoms with Crippen LogP contribution in [0, 0.1) is 4.77 Å². The van der Waals surface area contributed by atoms with Crippen LogP contribution in [0.1, 0.15) is 18.5 Å². The van der Waals surface area contributed by atoms with Gasteiger partial charge in [0, 0.05) is 6.20 Å². The van der Waals surface area contributed by atoms with Crippen molar-refractivity contribution in [1.29, 1.82) is 0 Å². The van der Waals surface area contributed by atoms with E-state index in [1.54, 1.807) is 17.5 Å². The van der Waals surface area contributed by atoms with E-state index in [9.17, 15) is 0 Å². The maximum atomic E-state index is 5.37. The molecule has 0 radical (unpaired) electrons. The molecule has 3 heterocycles. The summed E-state index contributed by atoms with van der Waals surface area (Å²) >= 11 is 7.07. The first kappa shape index (κ1) is 10.7. The summed E-state index contributed by atoms with van der Waals surface area (Å²) in [6.45, 7) is 2.14. The summed E-state index contributed by atoms with van der Waals surface area (Å²) in [5.41, 5.74) is 3.16. The van der Waals surface area contributed by atoms with Gasteiger partial charge in [0.05, 0.1) is 11.6 Å². The molecule has 17 heavy (non-hydrogen) atoms. The average Bonchev–Trinajstić information content (AvgIpc) is 2.94. The maximum absolute atomic E-state index is 5.37. The number of H-pyrrole nitrogens is 1. The minimum atomic E-state index is 0.206. The Morgan fingerprint density at radius 3 is 3.12 bits per heavy atom. The molecule has 0 bridgehead atoms. The number of nitrogens with zero attached hydrogens (tertiary/aromatic N) is 2. The van der Waals surface area contributed by atoms with Crippen molar-refractivity contribution in [2.75, 3.05) is 0 Å². The predicted octanol–water partition coefficient (Wildman–Crippen LogP) is 3.76. The lowest BCUT2D eigenvalue weighted by Gasteiger charge is -2.12. The van der Waals surface area contributed by atoms with Crippen LogP contribution in [0.25, 0.3) is 11.2 Å². The SMILES string of the molecule is CC(c1ccsc1)n1c(=S)[nH]c2cccnc21. The molecule has 3 rings (SSSR count). The van der Waals surface area contributed by atoms with Crippen molar-refractivity contribution in [3.63, 3.8) is 0 Å². The molecule has 0 saturated heterocycles. The number of pyridine rings is 1. The van der Waals surface area contributed by atoms with E-state index in [0.29, 0.717) is 0 Å². The van der Waals surface area contributed by atoms with Crippen LogP contribution < -0.4 is 0 Å². The molecule has 3 nitrogen and oxygen atoms in total. The lowest BCUT2D eigenvalue weighted by molar-refractivity contribution is 0.646. The number of imidazole rings is 1. The molecule has 5 heteroatoms. The summed E-state index contributed by atoms with van der Waals surface area (Å²) in [6.07, 6.45) is 1.79. The summed E-state index contributed by atoms with van der Waals surface area (Å²) in [4.78, 5) is 7.59. The zero-order valence-electron chi connectivity index (χ0n) is 9.25. The van der Waals surface area contributed by atoms with Crippen molar-refractivity contribution in [2.45, 2.75) is 13.0 Å². The highest BCUT2D eigenvalue weighted by Crippen LogP contribution is 2.24. The van der Waals surface area contributed by atoms with Gasteiger partial charge in [-0.15, -0.1) is 0 Å². The molecule has 1 N–H and O–H groups in total. The second-order valence-corrected chi connectivity index (χ2v) is 5.07. The number of thiophene rings is 1. The van der Waals surface area contributed by atoms with Gasteiger partial charge >= 0.3 is 0 Å². The van der Waals surface area contributed by atoms with E-state index in [2.05, 4.69) is 38.3 Å². The molecule has 0 aromatic carbocycles. The van der Waals surface area contributed by atoms with E-state index < -0.39 is 0 Å². The Kier molecular flexibility index (Phi) is 2.57. The third kappa shape index (κ3) is 1.71. The van der Waals surface area contributed by atoms with Crippen LogP contribution in [0.3, 0.4) is 0 Å². The summed E-state index contributed by atoms with van der Waals surface area (Å²) in [5, 5.41) is 4.23. The molecule has 0 aliphatic carbocycles. The number of aromatic amines is 1. The fourth-order valence-corrected chi connectivity index (χ4v) is 3.08. The highest BCUT2D eigenvalue weighted by atomic mass is 32.1. The first-order valence-corrected chi connectivity index (χ1v) is 6.70. The molecular formula is C12H11N3S2. The van der Waals surface area contributed by atoms with E-state index in [0.717, 1.165) is 15.9 Å². The van der Waals surface area contributed by atoms with Gasteiger partial charge in [-0.3, -0.25) is 4.57 Å². The van der Waals surface area contributed by atoms with Crippen molar-refractivity contribution < 1.29 is 0 Å². The van der Waals surface area contributed by atoms with Gasteiger partial charge in [-0.05, 0) is 53.7 Å². The van der Waals surface area contributed by atoms with Crippen LogP contribution in [-0.2, 0) is 0 Å². The van der Waals surface area contributed by atoms with Crippen LogP contribution >= 0.6 is 23.6 Å². The van der Waals surface area contributed by atoms with Gasteiger partial charge in [-0.2, -0.15) is 11.3 Å². The van der Waals surface area contributed by atoms with Crippen LogP contribution in [0.15, 0.2) is 35.2 Å². The van der Waals surface area contributed by atoms with Crippen molar-refractivity contribution in [2.24, 2.45) is 0 Å². The summed E-state index contributed by atoms with van der Waals surface area (Å²) < 4.78 is 2.78. The van der Waals surface area contributed by atoms with Crippen LogP contribution in [0.4, 0.5) is 0 Å². The quantitative estimate of drug-likeness (QED) is 0.712. The summed E-state index contributed by atoms with van der Waals surface area (Å²) in [7, 11) is 0. The fraction of sp³-hybridized carbons (Fsp3) is 0.167.